The van der Waals surface area contributed by atoms with E-state index >= 15 is 0 Å². The summed E-state index contributed by atoms with van der Waals surface area (Å²) in [5.74, 6) is 0. The molecule has 9 heavy (non-hydrogen) atoms. The van der Waals surface area contributed by atoms with Gasteiger partial charge in [0.1, 0.15) is 6.61 Å². The quantitative estimate of drug-likeness (QED) is 0.408. The summed E-state index contributed by atoms with van der Waals surface area (Å²) >= 11 is 0. The van der Waals surface area contributed by atoms with E-state index in [1.165, 1.54) is 12.8 Å². The van der Waals surface area contributed by atoms with E-state index in [9.17, 15) is 5.11 Å². The average Bonchev–Trinajstić information content (AvgIpc) is 1.89. The Labute approximate surface area is 57.4 Å². The largest absolute Gasteiger partial charge is 0.232 e. The molecular formula is C8H15O. The van der Waals surface area contributed by atoms with Gasteiger partial charge < -0.3 is 0 Å². The van der Waals surface area contributed by atoms with E-state index in [1.807, 2.05) is 13.0 Å². The fourth-order valence-electron chi connectivity index (χ4n) is 0.612. The minimum Gasteiger partial charge on any atom is -0.232 e. The summed E-state index contributed by atoms with van der Waals surface area (Å²) < 4.78 is 0. The summed E-state index contributed by atoms with van der Waals surface area (Å²) in [4.78, 5) is 0. The maximum atomic E-state index is 10.2. The Kier molecular flexibility index (Phi) is 5.64. The highest BCUT2D eigenvalue weighted by Crippen LogP contribution is 1.99. The third kappa shape index (κ3) is 5.57. The fraction of sp³-hybridized carbons (Fsp3) is 0.750. The van der Waals surface area contributed by atoms with Crippen LogP contribution < -0.4 is 0 Å². The molecule has 0 aliphatic heterocycles. The predicted octanol–water partition coefficient (Wildman–Crippen LogP) is 2.55. The van der Waals surface area contributed by atoms with Crippen molar-refractivity contribution in [2.75, 3.05) is 6.61 Å². The second kappa shape index (κ2) is 5.83. The molecule has 53 valence electrons. The summed E-state index contributed by atoms with van der Waals surface area (Å²) in [5, 5.41) is 10.2. The van der Waals surface area contributed by atoms with E-state index in [-0.39, 0.29) is 6.61 Å². The number of allylic oxidation sites excluding steroid dienone is 1. The van der Waals surface area contributed by atoms with Crippen LogP contribution >= 0.6 is 0 Å². The first kappa shape index (κ1) is 8.70. The van der Waals surface area contributed by atoms with Gasteiger partial charge in [0.2, 0.25) is 0 Å². The maximum absolute atomic E-state index is 10.2. The summed E-state index contributed by atoms with van der Waals surface area (Å²) in [5.41, 5.74) is 0.975. The van der Waals surface area contributed by atoms with Gasteiger partial charge in [0.05, 0.1) is 0 Å². The third-order valence-corrected chi connectivity index (χ3v) is 1.28. The lowest BCUT2D eigenvalue weighted by atomic mass is 10.2. The standard InChI is InChI=1S/C8H15O/c1-3-4-5-6-8(2)7-9/h6H,3-5,7H2,1-2H3/b8-6+. The molecular weight excluding hydrogens is 112 g/mol. The molecule has 0 saturated carbocycles. The Bertz CT molecular complexity index is 84.6. The second-order valence-electron chi connectivity index (χ2n) is 2.34. The van der Waals surface area contributed by atoms with Gasteiger partial charge in [0.15, 0.2) is 0 Å². The van der Waals surface area contributed by atoms with Crippen molar-refractivity contribution in [3.8, 4) is 0 Å². The van der Waals surface area contributed by atoms with Crippen LogP contribution in [0.25, 0.3) is 0 Å². The minimum atomic E-state index is -0.0380. The lowest BCUT2D eigenvalue weighted by Crippen LogP contribution is -1.80. The first-order chi connectivity index (χ1) is 4.31. The molecule has 1 heteroatoms. The predicted molar refractivity (Wildman–Crippen MR) is 38.8 cm³/mol. The Morgan fingerprint density at radius 1 is 1.56 bits per heavy atom. The molecule has 0 N–H and O–H groups in total. The second-order valence-corrected chi connectivity index (χ2v) is 2.34. The van der Waals surface area contributed by atoms with Gasteiger partial charge in [0.25, 0.3) is 0 Å². The van der Waals surface area contributed by atoms with E-state index < -0.39 is 0 Å². The van der Waals surface area contributed by atoms with Crippen LogP contribution in [0.1, 0.15) is 33.1 Å². The topological polar surface area (TPSA) is 19.9 Å². The first-order valence-corrected chi connectivity index (χ1v) is 3.55. The Morgan fingerprint density at radius 3 is 2.67 bits per heavy atom. The molecule has 0 aromatic heterocycles. The Balaban J connectivity index is 3.21. The lowest BCUT2D eigenvalue weighted by molar-refractivity contribution is 0.223. The molecule has 0 amide bonds. The molecule has 0 fully saturated rings. The minimum absolute atomic E-state index is 0.0380. The van der Waals surface area contributed by atoms with E-state index in [1.54, 1.807) is 0 Å². The van der Waals surface area contributed by atoms with Gasteiger partial charge in [0, 0.05) is 0 Å². The molecule has 0 bridgehead atoms. The zero-order chi connectivity index (χ0) is 7.11. The van der Waals surface area contributed by atoms with Crippen molar-refractivity contribution in [1.82, 2.24) is 0 Å². The smallest absolute Gasteiger partial charge is 0.103 e. The van der Waals surface area contributed by atoms with E-state index in [0.717, 1.165) is 12.0 Å². The van der Waals surface area contributed by atoms with Crippen LogP contribution in [0.4, 0.5) is 0 Å². The molecule has 0 unspecified atom stereocenters. The van der Waals surface area contributed by atoms with Gasteiger partial charge in [-0.15, -0.1) is 0 Å². The molecule has 0 aromatic rings. The highest BCUT2D eigenvalue weighted by molar-refractivity contribution is 4.96. The molecule has 0 aliphatic carbocycles. The number of rotatable bonds is 4. The van der Waals surface area contributed by atoms with E-state index in [4.69, 9.17) is 0 Å². The normalized spacial score (nSPS) is 12.1. The molecule has 0 saturated heterocycles. The Morgan fingerprint density at radius 2 is 2.22 bits per heavy atom. The molecule has 0 aliphatic rings. The zero-order valence-corrected chi connectivity index (χ0v) is 6.31. The summed E-state index contributed by atoms with van der Waals surface area (Å²) in [6.07, 6.45) is 5.53. The van der Waals surface area contributed by atoms with Gasteiger partial charge in [-0.05, 0) is 18.9 Å². The number of hydrogen-bond donors (Lipinski definition) is 0. The first-order valence-electron chi connectivity index (χ1n) is 3.55. The van der Waals surface area contributed by atoms with Gasteiger partial charge >= 0.3 is 0 Å². The van der Waals surface area contributed by atoms with Crippen molar-refractivity contribution in [1.29, 1.82) is 0 Å². The highest BCUT2D eigenvalue weighted by Gasteiger charge is 1.84. The third-order valence-electron chi connectivity index (χ3n) is 1.28. The monoisotopic (exact) mass is 127 g/mol. The molecule has 0 spiro atoms. The zero-order valence-electron chi connectivity index (χ0n) is 6.31. The van der Waals surface area contributed by atoms with Gasteiger partial charge in [-0.1, -0.05) is 25.8 Å². The number of hydrogen-bond acceptors (Lipinski definition) is 0. The molecule has 0 atom stereocenters. The van der Waals surface area contributed by atoms with Crippen LogP contribution in [0.2, 0.25) is 0 Å². The molecule has 1 radical (unpaired) electrons. The van der Waals surface area contributed by atoms with Crippen molar-refractivity contribution in [3.05, 3.63) is 11.6 Å². The number of unbranched alkanes of at least 4 members (excludes halogenated alkanes) is 2. The SMILES string of the molecule is CCCC/C=C(\C)C[O]. The summed E-state index contributed by atoms with van der Waals surface area (Å²) in [7, 11) is 0. The van der Waals surface area contributed by atoms with Crippen molar-refractivity contribution in [2.24, 2.45) is 0 Å². The van der Waals surface area contributed by atoms with Crippen molar-refractivity contribution < 1.29 is 5.11 Å². The average molecular weight is 127 g/mol. The van der Waals surface area contributed by atoms with Crippen molar-refractivity contribution in [3.63, 3.8) is 0 Å². The van der Waals surface area contributed by atoms with Crippen LogP contribution in [0.15, 0.2) is 11.6 Å². The highest BCUT2D eigenvalue weighted by atomic mass is 16.3. The van der Waals surface area contributed by atoms with E-state index in [2.05, 4.69) is 6.92 Å². The lowest BCUT2D eigenvalue weighted by Gasteiger charge is -1.91. The maximum Gasteiger partial charge on any atom is 0.103 e. The van der Waals surface area contributed by atoms with Crippen molar-refractivity contribution >= 4 is 0 Å². The van der Waals surface area contributed by atoms with Crippen LogP contribution in [0.3, 0.4) is 0 Å². The summed E-state index contributed by atoms with van der Waals surface area (Å²) in [6.45, 7) is 4.01. The van der Waals surface area contributed by atoms with Crippen molar-refractivity contribution in [2.45, 2.75) is 33.1 Å². The summed E-state index contributed by atoms with van der Waals surface area (Å²) in [6, 6.07) is 0. The van der Waals surface area contributed by atoms with Crippen LogP contribution in [-0.4, -0.2) is 6.61 Å². The van der Waals surface area contributed by atoms with Crippen LogP contribution in [0, 0.1) is 0 Å². The van der Waals surface area contributed by atoms with Gasteiger partial charge in [-0.3, -0.25) is 0 Å². The molecule has 0 heterocycles. The van der Waals surface area contributed by atoms with Crippen LogP contribution in [-0.2, 0) is 5.11 Å². The molecule has 1 nitrogen and oxygen atoms in total. The Hall–Kier alpha value is -0.300. The fourth-order valence-corrected chi connectivity index (χ4v) is 0.612. The molecule has 0 rings (SSSR count). The van der Waals surface area contributed by atoms with E-state index in [0.29, 0.717) is 0 Å². The van der Waals surface area contributed by atoms with Gasteiger partial charge in [-0.2, -0.15) is 0 Å². The van der Waals surface area contributed by atoms with Gasteiger partial charge in [-0.25, -0.2) is 5.11 Å². The van der Waals surface area contributed by atoms with Crippen LogP contribution in [0.5, 0.6) is 0 Å². The molecule has 0 aromatic carbocycles.